The quantitative estimate of drug-likeness (QED) is 0.309. The number of halogens is 1. The van der Waals surface area contributed by atoms with Crippen LogP contribution in [0.2, 0.25) is 0 Å². The van der Waals surface area contributed by atoms with Crippen LogP contribution in [0.25, 0.3) is 6.08 Å². The summed E-state index contributed by atoms with van der Waals surface area (Å²) in [6, 6.07) is 21.5. The van der Waals surface area contributed by atoms with Crippen LogP contribution < -0.4 is 9.47 Å². The number of rotatable bonds is 9. The molecule has 0 N–H and O–H groups in total. The molecule has 7 heteroatoms. The van der Waals surface area contributed by atoms with Gasteiger partial charge >= 0.3 is 0 Å². The maximum Gasteiger partial charge on any atom is 0.266 e. The number of amides is 1. The maximum absolute atomic E-state index is 13.5. The van der Waals surface area contributed by atoms with Crippen LogP contribution in [-0.2, 0) is 11.4 Å². The van der Waals surface area contributed by atoms with E-state index in [0.29, 0.717) is 34.7 Å². The van der Waals surface area contributed by atoms with Crippen molar-refractivity contribution in [2.75, 3.05) is 13.2 Å². The smallest absolute Gasteiger partial charge is 0.266 e. The molecule has 0 unspecified atom stereocenters. The van der Waals surface area contributed by atoms with E-state index in [-0.39, 0.29) is 18.3 Å². The first-order valence-corrected chi connectivity index (χ1v) is 12.4. The van der Waals surface area contributed by atoms with Crippen LogP contribution >= 0.6 is 11.8 Å². The Labute approximate surface area is 209 Å². The second-order valence-electron chi connectivity index (χ2n) is 7.86. The summed E-state index contributed by atoms with van der Waals surface area (Å²) in [5.41, 5.74) is 2.36. The third-order valence-corrected chi connectivity index (χ3v) is 6.17. The lowest BCUT2D eigenvalue weighted by molar-refractivity contribution is -0.122. The van der Waals surface area contributed by atoms with Gasteiger partial charge in [0.1, 0.15) is 12.4 Å². The Morgan fingerprint density at radius 3 is 2.54 bits per heavy atom. The molecular weight excluding hydrogens is 463 g/mol. The molecule has 0 bridgehead atoms. The molecule has 0 atom stereocenters. The number of nitrogens with zero attached hydrogens (tertiary/aromatic N) is 2. The Kier molecular flexibility index (Phi) is 8.21. The van der Waals surface area contributed by atoms with Gasteiger partial charge in [0.2, 0.25) is 0 Å². The number of hydrogen-bond donors (Lipinski definition) is 0. The fourth-order valence-electron chi connectivity index (χ4n) is 3.57. The first-order valence-electron chi connectivity index (χ1n) is 11.6. The minimum atomic E-state index is -0.302. The molecule has 1 fully saturated rings. The van der Waals surface area contributed by atoms with E-state index < -0.39 is 0 Å². The zero-order chi connectivity index (χ0) is 24.6. The Morgan fingerprint density at radius 1 is 0.971 bits per heavy atom. The summed E-state index contributed by atoms with van der Waals surface area (Å²) in [5.74, 6) is 0.764. The van der Waals surface area contributed by atoms with E-state index in [0.717, 1.165) is 23.2 Å². The maximum atomic E-state index is 13.5. The number of carbonyl (C=O) groups excluding carboxylic acids is 1. The number of para-hydroxylation sites is 1. The normalized spacial score (nSPS) is 15.7. The molecule has 180 valence electrons. The molecule has 1 aliphatic heterocycles. The molecule has 5 nitrogen and oxygen atoms in total. The Morgan fingerprint density at radius 2 is 1.80 bits per heavy atom. The SMILES string of the molecule is CCCN1C(=O)/C(=C\c2ccc(OCc3cccc(F)c3)c(OCC)c2)SC1=Nc1ccccc1. The summed E-state index contributed by atoms with van der Waals surface area (Å²) in [4.78, 5) is 20.2. The van der Waals surface area contributed by atoms with E-state index in [1.165, 1.54) is 23.9 Å². The minimum absolute atomic E-state index is 0.0593. The molecule has 0 aliphatic carbocycles. The molecule has 0 radical (unpaired) electrons. The lowest BCUT2D eigenvalue weighted by Crippen LogP contribution is -2.29. The second-order valence-corrected chi connectivity index (χ2v) is 8.86. The van der Waals surface area contributed by atoms with Crippen molar-refractivity contribution in [1.82, 2.24) is 4.90 Å². The van der Waals surface area contributed by atoms with E-state index >= 15 is 0 Å². The summed E-state index contributed by atoms with van der Waals surface area (Å²) in [6.07, 6.45) is 2.68. The topological polar surface area (TPSA) is 51.1 Å². The monoisotopic (exact) mass is 490 g/mol. The first kappa shape index (κ1) is 24.5. The van der Waals surface area contributed by atoms with Crippen molar-refractivity contribution >= 4 is 34.6 Å². The molecule has 1 amide bonds. The van der Waals surface area contributed by atoms with Crippen LogP contribution in [0.3, 0.4) is 0 Å². The molecule has 0 saturated carbocycles. The van der Waals surface area contributed by atoms with Crippen LogP contribution in [0, 0.1) is 5.82 Å². The van der Waals surface area contributed by atoms with Gasteiger partial charge in [-0.25, -0.2) is 9.38 Å². The fraction of sp³-hybridized carbons (Fsp3) is 0.214. The molecular formula is C28H27FN2O3S. The molecule has 1 heterocycles. The van der Waals surface area contributed by atoms with Gasteiger partial charge in [0.05, 0.1) is 17.2 Å². The van der Waals surface area contributed by atoms with E-state index in [2.05, 4.69) is 0 Å². The molecule has 1 aliphatic rings. The van der Waals surface area contributed by atoms with Gasteiger partial charge < -0.3 is 9.47 Å². The highest BCUT2D eigenvalue weighted by atomic mass is 32.2. The molecule has 1 saturated heterocycles. The third kappa shape index (κ3) is 6.31. The number of hydrogen-bond acceptors (Lipinski definition) is 5. The molecule has 35 heavy (non-hydrogen) atoms. The number of thioether (sulfide) groups is 1. The number of carbonyl (C=O) groups is 1. The van der Waals surface area contributed by atoms with Crippen LogP contribution in [0.5, 0.6) is 11.5 Å². The first-order chi connectivity index (χ1) is 17.1. The van der Waals surface area contributed by atoms with E-state index in [4.69, 9.17) is 14.5 Å². The van der Waals surface area contributed by atoms with Gasteiger partial charge in [-0.05, 0) is 78.7 Å². The lowest BCUT2D eigenvalue weighted by Gasteiger charge is -2.14. The number of benzene rings is 3. The summed E-state index contributed by atoms with van der Waals surface area (Å²) in [5, 5.41) is 0.675. The van der Waals surface area contributed by atoms with E-state index in [1.807, 2.05) is 74.5 Å². The van der Waals surface area contributed by atoms with Gasteiger partial charge in [0.15, 0.2) is 16.7 Å². The van der Waals surface area contributed by atoms with Crippen molar-refractivity contribution in [1.29, 1.82) is 0 Å². The van der Waals surface area contributed by atoms with Crippen LogP contribution in [0.15, 0.2) is 82.7 Å². The summed E-state index contributed by atoms with van der Waals surface area (Å²) in [6.45, 7) is 5.22. The predicted octanol–water partition coefficient (Wildman–Crippen LogP) is 6.82. The highest BCUT2D eigenvalue weighted by molar-refractivity contribution is 8.18. The van der Waals surface area contributed by atoms with Crippen molar-refractivity contribution in [2.45, 2.75) is 26.9 Å². The zero-order valence-corrected chi connectivity index (χ0v) is 20.6. The fourth-order valence-corrected chi connectivity index (χ4v) is 4.59. The van der Waals surface area contributed by atoms with Crippen LogP contribution in [0.1, 0.15) is 31.4 Å². The van der Waals surface area contributed by atoms with E-state index in [1.54, 1.807) is 11.0 Å². The van der Waals surface area contributed by atoms with Gasteiger partial charge in [-0.2, -0.15) is 0 Å². The van der Waals surface area contributed by atoms with Crippen LogP contribution in [0.4, 0.5) is 10.1 Å². The van der Waals surface area contributed by atoms with Crippen molar-refractivity contribution in [2.24, 2.45) is 4.99 Å². The molecule has 3 aromatic rings. The van der Waals surface area contributed by atoms with Crippen LogP contribution in [-0.4, -0.2) is 29.1 Å². The summed E-state index contributed by atoms with van der Waals surface area (Å²) >= 11 is 1.37. The zero-order valence-electron chi connectivity index (χ0n) is 19.7. The molecule has 3 aromatic carbocycles. The summed E-state index contributed by atoms with van der Waals surface area (Å²) < 4.78 is 25.2. The number of amidine groups is 1. The van der Waals surface area contributed by atoms with Crippen molar-refractivity contribution < 1.29 is 18.7 Å². The lowest BCUT2D eigenvalue weighted by atomic mass is 10.1. The van der Waals surface area contributed by atoms with Gasteiger partial charge in [-0.1, -0.05) is 43.3 Å². The third-order valence-electron chi connectivity index (χ3n) is 5.16. The second kappa shape index (κ2) is 11.7. The van der Waals surface area contributed by atoms with Crippen molar-refractivity contribution in [3.05, 3.63) is 94.6 Å². The standard InChI is InChI=1S/C28H27FN2O3S/c1-3-15-31-27(32)26(35-28(31)30-23-11-6-5-7-12-23)18-20-13-14-24(25(17-20)33-4-2)34-19-21-9-8-10-22(29)16-21/h5-14,16-18H,3-4,15,19H2,1-2H3/b26-18+,30-28?. The predicted molar refractivity (Wildman–Crippen MR) is 139 cm³/mol. The molecule has 4 rings (SSSR count). The number of ether oxygens (including phenoxy) is 2. The van der Waals surface area contributed by atoms with E-state index in [9.17, 15) is 9.18 Å². The van der Waals surface area contributed by atoms with Crippen molar-refractivity contribution in [3.63, 3.8) is 0 Å². The highest BCUT2D eigenvalue weighted by Gasteiger charge is 2.32. The Bertz CT molecular complexity index is 1240. The van der Waals surface area contributed by atoms with Gasteiger partial charge in [0.25, 0.3) is 5.91 Å². The Hall–Kier alpha value is -3.58. The van der Waals surface area contributed by atoms with Gasteiger partial charge in [0, 0.05) is 6.54 Å². The molecule has 0 spiro atoms. The Balaban J connectivity index is 1.57. The molecule has 0 aromatic heterocycles. The highest BCUT2D eigenvalue weighted by Crippen LogP contribution is 2.36. The van der Waals surface area contributed by atoms with Gasteiger partial charge in [-0.3, -0.25) is 9.69 Å². The minimum Gasteiger partial charge on any atom is -0.490 e. The van der Waals surface area contributed by atoms with Crippen molar-refractivity contribution in [3.8, 4) is 11.5 Å². The average molecular weight is 491 g/mol. The summed E-state index contributed by atoms with van der Waals surface area (Å²) in [7, 11) is 0. The average Bonchev–Trinajstić information content (AvgIpc) is 3.13. The number of aliphatic imine (C=N–C) groups is 1. The van der Waals surface area contributed by atoms with Gasteiger partial charge in [-0.15, -0.1) is 0 Å². The largest absolute Gasteiger partial charge is 0.490 e.